The summed E-state index contributed by atoms with van der Waals surface area (Å²) in [7, 11) is 3.14. The molecule has 100 valence electrons. The molecule has 0 aromatic carbocycles. The molecule has 17 heavy (non-hydrogen) atoms. The Labute approximate surface area is 103 Å². The minimum Gasteiger partial charge on any atom is -0.354 e. The molecule has 1 atom stereocenters. The fraction of sp³-hybridized carbons (Fsp3) is 0.917. The van der Waals surface area contributed by atoms with E-state index in [1.165, 1.54) is 0 Å². The van der Waals surface area contributed by atoms with Gasteiger partial charge in [-0.3, -0.25) is 4.79 Å². The lowest BCUT2D eigenvalue weighted by Crippen LogP contribution is -2.45. The highest BCUT2D eigenvalue weighted by Crippen LogP contribution is 2.31. The standard InChI is InChI=1S/C12H24N2O3/c1-4-5-12(6-7-13-9-12)11(15)14-8-10(16-2)17-3/h10,13H,4-9H2,1-3H3,(H,14,15). The summed E-state index contributed by atoms with van der Waals surface area (Å²) < 4.78 is 10.1. The van der Waals surface area contributed by atoms with Gasteiger partial charge in [0.1, 0.15) is 0 Å². The zero-order valence-electron chi connectivity index (χ0n) is 11.0. The monoisotopic (exact) mass is 244 g/mol. The van der Waals surface area contributed by atoms with Crippen LogP contribution in [0.3, 0.4) is 0 Å². The fourth-order valence-electron chi connectivity index (χ4n) is 2.37. The van der Waals surface area contributed by atoms with E-state index < -0.39 is 0 Å². The Kier molecular flexibility index (Phi) is 5.88. The second-order valence-corrected chi connectivity index (χ2v) is 4.57. The molecule has 0 aliphatic carbocycles. The Morgan fingerprint density at radius 1 is 1.47 bits per heavy atom. The molecular formula is C12H24N2O3. The first-order chi connectivity index (χ1) is 8.18. The van der Waals surface area contributed by atoms with Crippen LogP contribution in [0.5, 0.6) is 0 Å². The number of carbonyl (C=O) groups excluding carboxylic acids is 1. The van der Waals surface area contributed by atoms with Gasteiger partial charge in [0.15, 0.2) is 6.29 Å². The topological polar surface area (TPSA) is 59.6 Å². The smallest absolute Gasteiger partial charge is 0.227 e. The first kappa shape index (κ1) is 14.4. The Balaban J connectivity index is 2.48. The van der Waals surface area contributed by atoms with Crippen molar-refractivity contribution in [3.63, 3.8) is 0 Å². The lowest BCUT2D eigenvalue weighted by molar-refractivity contribution is -0.135. The van der Waals surface area contributed by atoms with E-state index in [0.29, 0.717) is 6.54 Å². The summed E-state index contributed by atoms with van der Waals surface area (Å²) in [4.78, 5) is 12.2. The molecular weight excluding hydrogens is 220 g/mol. The second kappa shape index (κ2) is 6.93. The number of nitrogens with one attached hydrogen (secondary N) is 2. The minimum atomic E-state index is -0.369. The van der Waals surface area contributed by atoms with Crippen molar-refractivity contribution in [2.75, 3.05) is 33.9 Å². The third-order valence-electron chi connectivity index (χ3n) is 3.41. The average molecular weight is 244 g/mol. The van der Waals surface area contributed by atoms with Crippen molar-refractivity contribution < 1.29 is 14.3 Å². The highest BCUT2D eigenvalue weighted by Gasteiger charge is 2.40. The van der Waals surface area contributed by atoms with E-state index in [-0.39, 0.29) is 17.6 Å². The molecule has 1 heterocycles. The highest BCUT2D eigenvalue weighted by atomic mass is 16.7. The highest BCUT2D eigenvalue weighted by molar-refractivity contribution is 5.83. The lowest BCUT2D eigenvalue weighted by Gasteiger charge is -2.27. The maximum atomic E-state index is 12.2. The van der Waals surface area contributed by atoms with Crippen LogP contribution in [-0.2, 0) is 14.3 Å². The molecule has 1 unspecified atom stereocenters. The number of methoxy groups -OCH3 is 2. The van der Waals surface area contributed by atoms with E-state index in [1.807, 2.05) is 0 Å². The summed E-state index contributed by atoms with van der Waals surface area (Å²) in [6.45, 7) is 4.21. The van der Waals surface area contributed by atoms with Crippen LogP contribution in [0.4, 0.5) is 0 Å². The number of carbonyl (C=O) groups is 1. The van der Waals surface area contributed by atoms with E-state index in [0.717, 1.165) is 32.4 Å². The minimum absolute atomic E-state index is 0.114. The molecule has 1 fully saturated rings. The molecule has 1 saturated heterocycles. The molecule has 0 spiro atoms. The van der Waals surface area contributed by atoms with E-state index in [2.05, 4.69) is 17.6 Å². The first-order valence-corrected chi connectivity index (χ1v) is 6.23. The van der Waals surface area contributed by atoms with E-state index in [1.54, 1.807) is 14.2 Å². The Morgan fingerprint density at radius 2 is 2.18 bits per heavy atom. The molecule has 1 aliphatic heterocycles. The van der Waals surface area contributed by atoms with Crippen molar-refractivity contribution in [1.82, 2.24) is 10.6 Å². The van der Waals surface area contributed by atoms with E-state index in [9.17, 15) is 4.79 Å². The Morgan fingerprint density at radius 3 is 2.65 bits per heavy atom. The van der Waals surface area contributed by atoms with Crippen LogP contribution < -0.4 is 10.6 Å². The summed E-state index contributed by atoms with van der Waals surface area (Å²) in [6.07, 6.45) is 2.49. The first-order valence-electron chi connectivity index (χ1n) is 6.23. The summed E-state index contributed by atoms with van der Waals surface area (Å²) in [6, 6.07) is 0. The van der Waals surface area contributed by atoms with Crippen molar-refractivity contribution in [3.05, 3.63) is 0 Å². The third-order valence-corrected chi connectivity index (χ3v) is 3.41. The fourth-order valence-corrected chi connectivity index (χ4v) is 2.37. The van der Waals surface area contributed by atoms with Crippen LogP contribution in [0.25, 0.3) is 0 Å². The van der Waals surface area contributed by atoms with Crippen LogP contribution in [0.1, 0.15) is 26.2 Å². The van der Waals surface area contributed by atoms with E-state index in [4.69, 9.17) is 9.47 Å². The normalized spacial score (nSPS) is 24.2. The van der Waals surface area contributed by atoms with Crippen molar-refractivity contribution in [2.45, 2.75) is 32.5 Å². The van der Waals surface area contributed by atoms with Gasteiger partial charge in [-0.05, 0) is 19.4 Å². The van der Waals surface area contributed by atoms with Gasteiger partial charge in [0.05, 0.1) is 12.0 Å². The zero-order chi connectivity index (χ0) is 12.7. The third kappa shape index (κ3) is 3.66. The van der Waals surface area contributed by atoms with Gasteiger partial charge in [0, 0.05) is 20.8 Å². The van der Waals surface area contributed by atoms with Gasteiger partial charge >= 0.3 is 0 Å². The molecule has 0 aromatic rings. The lowest BCUT2D eigenvalue weighted by atomic mass is 9.81. The largest absolute Gasteiger partial charge is 0.354 e. The van der Waals surface area contributed by atoms with Crippen LogP contribution in [-0.4, -0.2) is 46.1 Å². The average Bonchev–Trinajstić information content (AvgIpc) is 2.80. The number of hydrogen-bond donors (Lipinski definition) is 2. The number of hydrogen-bond acceptors (Lipinski definition) is 4. The van der Waals surface area contributed by atoms with Gasteiger partial charge in [0.25, 0.3) is 0 Å². The molecule has 5 nitrogen and oxygen atoms in total. The van der Waals surface area contributed by atoms with Crippen molar-refractivity contribution >= 4 is 5.91 Å². The van der Waals surface area contributed by atoms with Gasteiger partial charge in [-0.15, -0.1) is 0 Å². The predicted octanol–water partition coefficient (Wildman–Crippen LogP) is 0.501. The summed E-state index contributed by atoms with van der Waals surface area (Å²) in [5, 5.41) is 6.19. The molecule has 1 rings (SSSR count). The molecule has 5 heteroatoms. The van der Waals surface area contributed by atoms with Crippen molar-refractivity contribution in [2.24, 2.45) is 5.41 Å². The number of amides is 1. The van der Waals surface area contributed by atoms with Crippen molar-refractivity contribution in [1.29, 1.82) is 0 Å². The molecule has 0 bridgehead atoms. The zero-order valence-corrected chi connectivity index (χ0v) is 11.0. The van der Waals surface area contributed by atoms with Gasteiger partial charge < -0.3 is 20.1 Å². The van der Waals surface area contributed by atoms with Gasteiger partial charge in [-0.25, -0.2) is 0 Å². The molecule has 0 aromatic heterocycles. The number of rotatable bonds is 7. The Hall–Kier alpha value is -0.650. The van der Waals surface area contributed by atoms with Crippen LogP contribution in [0, 0.1) is 5.41 Å². The predicted molar refractivity (Wildman–Crippen MR) is 65.6 cm³/mol. The molecule has 1 aliphatic rings. The van der Waals surface area contributed by atoms with Crippen molar-refractivity contribution in [3.8, 4) is 0 Å². The maximum Gasteiger partial charge on any atom is 0.227 e. The number of ether oxygens (including phenoxy) is 2. The van der Waals surface area contributed by atoms with Crippen LogP contribution in [0.15, 0.2) is 0 Å². The van der Waals surface area contributed by atoms with Crippen LogP contribution in [0.2, 0.25) is 0 Å². The van der Waals surface area contributed by atoms with Crippen LogP contribution >= 0.6 is 0 Å². The van der Waals surface area contributed by atoms with Gasteiger partial charge in [0.2, 0.25) is 5.91 Å². The van der Waals surface area contributed by atoms with E-state index >= 15 is 0 Å². The molecule has 2 N–H and O–H groups in total. The Bertz CT molecular complexity index is 236. The van der Waals surface area contributed by atoms with Gasteiger partial charge in [-0.2, -0.15) is 0 Å². The maximum absolute atomic E-state index is 12.2. The molecule has 1 amide bonds. The second-order valence-electron chi connectivity index (χ2n) is 4.57. The summed E-state index contributed by atoms with van der Waals surface area (Å²) in [5.41, 5.74) is -0.235. The summed E-state index contributed by atoms with van der Waals surface area (Å²) >= 11 is 0. The SMILES string of the molecule is CCCC1(C(=O)NCC(OC)OC)CCNC1. The van der Waals surface area contributed by atoms with Gasteiger partial charge in [-0.1, -0.05) is 13.3 Å². The molecule has 0 radical (unpaired) electrons. The quantitative estimate of drug-likeness (QED) is 0.640. The summed E-state index contributed by atoms with van der Waals surface area (Å²) in [5.74, 6) is 0.114. The molecule has 0 saturated carbocycles.